The number of benzene rings is 2. The van der Waals surface area contributed by atoms with Crippen LogP contribution in [0.25, 0.3) is 17.1 Å². The van der Waals surface area contributed by atoms with Crippen molar-refractivity contribution in [2.45, 2.75) is 33.4 Å². The van der Waals surface area contributed by atoms with Crippen LogP contribution in [-0.4, -0.2) is 33.5 Å². The van der Waals surface area contributed by atoms with Crippen molar-refractivity contribution in [2.75, 3.05) is 6.61 Å². The predicted octanol–water partition coefficient (Wildman–Crippen LogP) is 3.45. The number of ether oxygens (including phenoxy) is 2. The van der Waals surface area contributed by atoms with Crippen LogP contribution in [0.4, 0.5) is 0 Å². The van der Waals surface area contributed by atoms with Gasteiger partial charge in [-0.15, -0.1) is 5.10 Å². The van der Waals surface area contributed by atoms with Gasteiger partial charge in [-0.1, -0.05) is 41.6 Å². The van der Waals surface area contributed by atoms with E-state index in [1.165, 1.54) is 6.08 Å². The molecule has 0 atom stereocenters. The zero-order valence-electron chi connectivity index (χ0n) is 16.5. The van der Waals surface area contributed by atoms with Crippen molar-refractivity contribution in [3.05, 3.63) is 65.2 Å². The third-order valence-electron chi connectivity index (χ3n) is 4.44. The van der Waals surface area contributed by atoms with Gasteiger partial charge in [-0.25, -0.2) is 9.48 Å². The molecule has 0 aliphatic rings. The largest absolute Gasteiger partial charge is 0.463 e. The molecule has 0 spiro atoms. The lowest BCUT2D eigenvalue weighted by Gasteiger charge is -2.06. The second-order valence-electron chi connectivity index (χ2n) is 6.44. The van der Waals surface area contributed by atoms with Crippen LogP contribution in [0.3, 0.4) is 0 Å². The molecular weight excluding hydrogens is 370 g/mol. The summed E-state index contributed by atoms with van der Waals surface area (Å²) in [6.07, 6.45) is 3.30. The zero-order chi connectivity index (χ0) is 20.6. The normalized spacial score (nSPS) is 11.1. The van der Waals surface area contributed by atoms with Crippen LogP contribution < -0.4 is 0 Å². The lowest BCUT2D eigenvalue weighted by atomic mass is 10.1. The number of carbonyl (C=O) groups excluding carboxylic acids is 2. The van der Waals surface area contributed by atoms with Crippen molar-refractivity contribution in [2.24, 2.45) is 0 Å². The Kier molecular flexibility index (Phi) is 6.73. The first kappa shape index (κ1) is 20.3. The molecule has 150 valence electrons. The number of hydrogen-bond acceptors (Lipinski definition) is 6. The number of aromatic nitrogens is 3. The van der Waals surface area contributed by atoms with Gasteiger partial charge < -0.3 is 9.47 Å². The molecule has 0 saturated heterocycles. The summed E-state index contributed by atoms with van der Waals surface area (Å²) in [6, 6.07) is 13.3. The summed E-state index contributed by atoms with van der Waals surface area (Å²) >= 11 is 0. The average Bonchev–Trinajstić information content (AvgIpc) is 3.15. The smallest absolute Gasteiger partial charge is 0.330 e. The maximum atomic E-state index is 12.0. The first-order valence-electron chi connectivity index (χ1n) is 9.45. The summed E-state index contributed by atoms with van der Waals surface area (Å²) < 4.78 is 11.9. The van der Waals surface area contributed by atoms with Gasteiger partial charge in [0.25, 0.3) is 0 Å². The van der Waals surface area contributed by atoms with E-state index in [-0.39, 0.29) is 25.0 Å². The Labute approximate surface area is 168 Å². The third-order valence-corrected chi connectivity index (χ3v) is 4.44. The van der Waals surface area contributed by atoms with Gasteiger partial charge in [-0.05, 0) is 42.7 Å². The van der Waals surface area contributed by atoms with Crippen LogP contribution in [0.15, 0.2) is 48.5 Å². The minimum absolute atomic E-state index is 0.203. The Hall–Kier alpha value is -3.48. The number of carbonyl (C=O) groups is 2. The summed E-state index contributed by atoms with van der Waals surface area (Å²) in [7, 11) is 0. The molecule has 0 fully saturated rings. The summed E-state index contributed by atoms with van der Waals surface area (Å²) in [5.74, 6) is -0.673. The zero-order valence-corrected chi connectivity index (χ0v) is 16.5. The molecule has 0 aliphatic heterocycles. The van der Waals surface area contributed by atoms with Gasteiger partial charge in [-0.3, -0.25) is 4.79 Å². The Bertz CT molecular complexity index is 1030. The lowest BCUT2D eigenvalue weighted by Crippen LogP contribution is -2.10. The molecule has 1 aromatic heterocycles. The SMILES string of the molecule is CCOC(=O)/C=C/c1ccc2c(nnn2CCC(=O)OCc2ccccc2)c1C. The standard InChI is InChI=1S/C22H23N3O4/c1-3-28-20(26)12-10-18-9-11-19-22(16(18)2)23-24-25(19)14-13-21(27)29-15-17-7-5-4-6-8-17/h4-12H,3,13-15H2,1-2H3/b12-10+. The van der Waals surface area contributed by atoms with Gasteiger partial charge >= 0.3 is 11.9 Å². The molecule has 0 unspecified atom stereocenters. The van der Waals surface area contributed by atoms with E-state index in [2.05, 4.69) is 10.3 Å². The summed E-state index contributed by atoms with van der Waals surface area (Å²) in [5, 5.41) is 8.38. The van der Waals surface area contributed by atoms with E-state index in [9.17, 15) is 9.59 Å². The van der Waals surface area contributed by atoms with Crippen LogP contribution in [0.2, 0.25) is 0 Å². The van der Waals surface area contributed by atoms with Gasteiger partial charge in [0.2, 0.25) is 0 Å². The van der Waals surface area contributed by atoms with Crippen molar-refractivity contribution in [1.82, 2.24) is 15.0 Å². The van der Waals surface area contributed by atoms with Gasteiger partial charge in [0.1, 0.15) is 12.1 Å². The highest BCUT2D eigenvalue weighted by Gasteiger charge is 2.11. The summed E-state index contributed by atoms with van der Waals surface area (Å²) in [6.45, 7) is 4.65. The fourth-order valence-electron chi connectivity index (χ4n) is 2.88. The monoisotopic (exact) mass is 393 g/mol. The average molecular weight is 393 g/mol. The summed E-state index contributed by atoms with van der Waals surface area (Å²) in [5.41, 5.74) is 4.27. The molecule has 2 aromatic carbocycles. The van der Waals surface area contributed by atoms with Crippen LogP contribution in [0.1, 0.15) is 30.0 Å². The first-order valence-corrected chi connectivity index (χ1v) is 9.45. The molecule has 7 nitrogen and oxygen atoms in total. The molecule has 0 saturated carbocycles. The van der Waals surface area contributed by atoms with Crippen LogP contribution in [0, 0.1) is 6.92 Å². The highest BCUT2D eigenvalue weighted by molar-refractivity contribution is 5.89. The van der Waals surface area contributed by atoms with Crippen molar-refractivity contribution in [1.29, 1.82) is 0 Å². The maximum Gasteiger partial charge on any atom is 0.330 e. The van der Waals surface area contributed by atoms with Crippen LogP contribution >= 0.6 is 0 Å². The molecule has 3 aromatic rings. The predicted molar refractivity (Wildman–Crippen MR) is 109 cm³/mol. The Morgan fingerprint density at radius 3 is 2.66 bits per heavy atom. The van der Waals surface area contributed by atoms with E-state index < -0.39 is 0 Å². The van der Waals surface area contributed by atoms with Crippen molar-refractivity contribution >= 4 is 29.0 Å². The Balaban J connectivity index is 1.63. The van der Waals surface area contributed by atoms with Crippen LogP contribution in [0.5, 0.6) is 0 Å². The van der Waals surface area contributed by atoms with Crippen molar-refractivity contribution in [3.63, 3.8) is 0 Å². The highest BCUT2D eigenvalue weighted by atomic mass is 16.5. The molecule has 0 N–H and O–H groups in total. The van der Waals surface area contributed by atoms with E-state index in [1.54, 1.807) is 17.7 Å². The van der Waals surface area contributed by atoms with E-state index in [0.29, 0.717) is 13.2 Å². The minimum Gasteiger partial charge on any atom is -0.463 e. The van der Waals surface area contributed by atoms with E-state index in [4.69, 9.17) is 9.47 Å². The number of hydrogen-bond donors (Lipinski definition) is 0. The molecule has 0 aliphatic carbocycles. The molecular formula is C22H23N3O4. The van der Waals surface area contributed by atoms with Gasteiger partial charge in [0.05, 0.1) is 25.1 Å². The maximum absolute atomic E-state index is 12.0. The number of fused-ring (bicyclic) bond motifs is 1. The number of esters is 2. The van der Waals surface area contributed by atoms with Crippen molar-refractivity contribution in [3.8, 4) is 0 Å². The van der Waals surface area contributed by atoms with Gasteiger partial charge in [0.15, 0.2) is 0 Å². The molecule has 29 heavy (non-hydrogen) atoms. The molecule has 0 amide bonds. The van der Waals surface area contributed by atoms with E-state index in [0.717, 1.165) is 27.7 Å². The molecule has 1 heterocycles. The van der Waals surface area contributed by atoms with Gasteiger partial charge in [0, 0.05) is 6.08 Å². The number of nitrogens with zero attached hydrogens (tertiary/aromatic N) is 3. The first-order chi connectivity index (χ1) is 14.1. The molecule has 0 bridgehead atoms. The van der Waals surface area contributed by atoms with E-state index in [1.807, 2.05) is 49.4 Å². The van der Waals surface area contributed by atoms with Crippen molar-refractivity contribution < 1.29 is 19.1 Å². The van der Waals surface area contributed by atoms with Crippen LogP contribution in [-0.2, 0) is 32.2 Å². The fraction of sp³-hybridized carbons (Fsp3) is 0.273. The lowest BCUT2D eigenvalue weighted by molar-refractivity contribution is -0.145. The molecule has 3 rings (SSSR count). The Morgan fingerprint density at radius 2 is 1.90 bits per heavy atom. The second-order valence-corrected chi connectivity index (χ2v) is 6.44. The third kappa shape index (κ3) is 5.28. The number of aryl methyl sites for hydroxylation is 2. The Morgan fingerprint density at radius 1 is 1.10 bits per heavy atom. The van der Waals surface area contributed by atoms with Gasteiger partial charge in [-0.2, -0.15) is 0 Å². The van der Waals surface area contributed by atoms with E-state index >= 15 is 0 Å². The molecule has 7 heteroatoms. The molecule has 0 radical (unpaired) electrons. The number of rotatable bonds is 8. The quantitative estimate of drug-likeness (QED) is 0.431. The highest BCUT2D eigenvalue weighted by Crippen LogP contribution is 2.21. The second kappa shape index (κ2) is 9.64. The summed E-state index contributed by atoms with van der Waals surface area (Å²) in [4.78, 5) is 23.5. The minimum atomic E-state index is -0.385. The fourth-order valence-corrected chi connectivity index (χ4v) is 2.88. The topological polar surface area (TPSA) is 83.3 Å².